The second kappa shape index (κ2) is 9.67. The van der Waals surface area contributed by atoms with Crippen LogP contribution >= 0.6 is 0 Å². The smallest absolute Gasteiger partial charge is 0.743 e. The molecule has 0 aromatic carbocycles. The van der Waals surface area contributed by atoms with E-state index in [1.165, 1.54) is 6.92 Å². The molecule has 0 bridgehead atoms. The van der Waals surface area contributed by atoms with Crippen molar-refractivity contribution in [2.24, 2.45) is 0 Å². The van der Waals surface area contributed by atoms with Gasteiger partial charge in [-0.3, -0.25) is 0 Å². The van der Waals surface area contributed by atoms with E-state index < -0.39 is 63.7 Å². The number of rotatable bonds is 11. The maximum atomic E-state index is 13.4. The molecule has 0 saturated carbocycles. The molecule has 19 heteroatoms. The number of alkyl halides is 14. The molecular weight excluding hydrogens is 529 g/mol. The molecule has 0 fully saturated rings. The number of unbranched alkanes of at least 4 members (excludes halogenated alkanes) is 2. The van der Waals surface area contributed by atoms with E-state index in [1.54, 1.807) is 0 Å². The van der Waals surface area contributed by atoms with Gasteiger partial charge in [0.2, 0.25) is 0 Å². The molecule has 0 amide bonds. The van der Waals surface area contributed by atoms with Crippen LogP contribution in [0, 0.1) is 0 Å². The van der Waals surface area contributed by atoms with Crippen LogP contribution in [0.1, 0.15) is 32.6 Å². The van der Waals surface area contributed by atoms with Crippen molar-refractivity contribution in [1.29, 1.82) is 0 Å². The monoisotopic (exact) mass is 540 g/mol. The van der Waals surface area contributed by atoms with Gasteiger partial charge in [0, 0.05) is 6.42 Å². The Morgan fingerprint density at radius 3 is 1.26 bits per heavy atom. The van der Waals surface area contributed by atoms with Crippen LogP contribution in [0.4, 0.5) is 61.5 Å². The van der Waals surface area contributed by atoms with Crippen molar-refractivity contribution in [2.75, 3.05) is 0 Å². The van der Waals surface area contributed by atoms with Crippen molar-refractivity contribution in [1.82, 2.24) is 0 Å². The molecule has 0 rings (SSSR count). The quantitative estimate of drug-likeness (QED) is 0.175. The molecule has 0 radical (unpaired) electrons. The van der Waals surface area contributed by atoms with Gasteiger partial charge in [0.15, 0.2) is 10.1 Å². The maximum absolute atomic E-state index is 13.4. The van der Waals surface area contributed by atoms with E-state index >= 15 is 0 Å². The van der Waals surface area contributed by atoms with E-state index in [1.807, 2.05) is 0 Å². The first kappa shape index (κ1) is 33.7. The Bertz CT molecular complexity index is 722. The average molecular weight is 540 g/mol. The first-order valence-corrected chi connectivity index (χ1v) is 8.82. The Morgan fingerprint density at radius 2 is 0.935 bits per heavy atom. The summed E-state index contributed by atoms with van der Waals surface area (Å²) in [5.74, 6) is -46.9. The van der Waals surface area contributed by atoms with Gasteiger partial charge >= 0.3 is 92.2 Å². The summed E-state index contributed by atoms with van der Waals surface area (Å²) in [6.45, 7) is 1.28. The Morgan fingerprint density at radius 1 is 0.613 bits per heavy atom. The molecule has 0 N–H and O–H groups in total. The fourth-order valence-corrected chi connectivity index (χ4v) is 2.36. The third-order valence-corrected chi connectivity index (χ3v) is 4.69. The first-order chi connectivity index (χ1) is 12.8. The van der Waals surface area contributed by atoms with Crippen LogP contribution in [0.15, 0.2) is 0 Å². The fraction of sp³-hybridized carbons (Fsp3) is 1.00. The Kier molecular flexibility index (Phi) is 10.5. The molecule has 0 aliphatic heterocycles. The van der Waals surface area contributed by atoms with E-state index in [0.717, 1.165) is 0 Å². The van der Waals surface area contributed by atoms with Crippen LogP contribution < -0.4 is 51.4 Å². The molecule has 3 nitrogen and oxygen atoms in total. The Hall–Kier alpha value is 0.566. The minimum atomic E-state index is -8.42. The van der Waals surface area contributed by atoms with Gasteiger partial charge in [-0.15, -0.1) is 0 Å². The van der Waals surface area contributed by atoms with Crippen molar-refractivity contribution >= 4 is 10.1 Å². The zero-order chi connectivity index (χ0) is 24.8. The minimum absolute atomic E-state index is 0. The van der Waals surface area contributed by atoms with Gasteiger partial charge in [-0.1, -0.05) is 19.8 Å². The van der Waals surface area contributed by atoms with Gasteiger partial charge < -0.3 is 4.55 Å². The van der Waals surface area contributed by atoms with E-state index in [4.69, 9.17) is 0 Å². The second-order valence-corrected chi connectivity index (χ2v) is 7.43. The van der Waals surface area contributed by atoms with Gasteiger partial charge in [0.25, 0.3) is 0 Å². The van der Waals surface area contributed by atoms with Crippen molar-refractivity contribution in [3.8, 4) is 0 Å². The SMILES string of the molecule is CCCCCC(F)(F)C(F)(F)C(F)(F)C(F)(F)C(F)(F)C(F)(F)C(F)(F)S(=O)(=O)[O-].[K+]. The van der Waals surface area contributed by atoms with Crippen LogP contribution in [-0.4, -0.2) is 53.8 Å². The van der Waals surface area contributed by atoms with Crippen LogP contribution in [0.2, 0.25) is 0 Å². The van der Waals surface area contributed by atoms with Crippen LogP contribution in [-0.2, 0) is 10.1 Å². The fourth-order valence-electron chi connectivity index (χ4n) is 1.91. The van der Waals surface area contributed by atoms with Crippen LogP contribution in [0.3, 0.4) is 0 Å². The molecule has 0 aromatic rings. The third kappa shape index (κ3) is 5.15. The van der Waals surface area contributed by atoms with Gasteiger partial charge in [0.05, 0.1) is 0 Å². The molecule has 31 heavy (non-hydrogen) atoms. The Labute approximate surface area is 208 Å². The topological polar surface area (TPSA) is 57.2 Å². The second-order valence-electron chi connectivity index (χ2n) is 6.00. The summed E-state index contributed by atoms with van der Waals surface area (Å²) in [6.07, 6.45) is -3.72. The zero-order valence-corrected chi connectivity index (χ0v) is 19.2. The molecule has 0 spiro atoms. The average Bonchev–Trinajstić information content (AvgIpc) is 2.52. The summed E-state index contributed by atoms with van der Waals surface area (Å²) in [5.41, 5.74) is 0. The summed E-state index contributed by atoms with van der Waals surface area (Å²) < 4.78 is 216. The zero-order valence-electron chi connectivity index (χ0n) is 15.3. The molecule has 0 heterocycles. The Balaban J connectivity index is 0. The summed E-state index contributed by atoms with van der Waals surface area (Å²) >= 11 is 0. The van der Waals surface area contributed by atoms with Crippen molar-refractivity contribution < 1.29 is 126 Å². The normalized spacial score (nSPS) is 15.6. The first-order valence-electron chi connectivity index (χ1n) is 7.41. The van der Waals surface area contributed by atoms with Gasteiger partial charge in [-0.25, -0.2) is 8.42 Å². The molecule has 0 aromatic heterocycles. The van der Waals surface area contributed by atoms with Crippen molar-refractivity contribution in [2.45, 2.75) is 73.4 Å². The standard InChI is InChI=1S/C12H12F14O3S.K/c1-2-3-4-5-6(13,14)7(15,16)8(17,18)9(19,20)10(21,22)11(23,24)12(25,26)30(27,28)29;/h2-5H2,1H3,(H,27,28,29);/q;+1/p-1. The number of halogens is 14. The van der Waals surface area contributed by atoms with Crippen LogP contribution in [0.25, 0.3) is 0 Å². The predicted octanol–water partition coefficient (Wildman–Crippen LogP) is 2.52. The van der Waals surface area contributed by atoms with Gasteiger partial charge in [-0.05, 0) is 6.42 Å². The number of hydrogen-bond donors (Lipinski definition) is 0. The van der Waals surface area contributed by atoms with E-state index in [9.17, 15) is 74.4 Å². The van der Waals surface area contributed by atoms with E-state index in [2.05, 4.69) is 0 Å². The van der Waals surface area contributed by atoms with Crippen LogP contribution in [0.5, 0.6) is 0 Å². The minimum Gasteiger partial charge on any atom is -0.743 e. The molecule has 182 valence electrons. The van der Waals surface area contributed by atoms with E-state index in [-0.39, 0.29) is 64.2 Å². The molecular formula is C12H11F14KO3S. The molecule has 0 saturated heterocycles. The summed E-state index contributed by atoms with van der Waals surface area (Å²) in [6, 6.07) is 0. The number of hydrogen-bond acceptors (Lipinski definition) is 3. The maximum Gasteiger partial charge on any atom is 1.00 e. The third-order valence-electron chi connectivity index (χ3n) is 3.81. The van der Waals surface area contributed by atoms with E-state index in [0.29, 0.717) is 0 Å². The molecule has 0 atom stereocenters. The summed E-state index contributed by atoms with van der Waals surface area (Å²) in [7, 11) is -7.96. The molecule has 0 aliphatic carbocycles. The summed E-state index contributed by atoms with van der Waals surface area (Å²) in [4.78, 5) is 0. The van der Waals surface area contributed by atoms with Crippen molar-refractivity contribution in [3.05, 3.63) is 0 Å². The predicted molar refractivity (Wildman–Crippen MR) is 68.5 cm³/mol. The summed E-state index contributed by atoms with van der Waals surface area (Å²) in [5, 5.41) is -7.72. The van der Waals surface area contributed by atoms with Gasteiger partial charge in [0.1, 0.15) is 0 Å². The molecule has 0 aliphatic rings. The molecule has 0 unspecified atom stereocenters. The van der Waals surface area contributed by atoms with Crippen molar-refractivity contribution in [3.63, 3.8) is 0 Å². The largest absolute Gasteiger partial charge is 1.00 e. The van der Waals surface area contributed by atoms with Gasteiger partial charge in [-0.2, -0.15) is 61.5 Å².